The molecule has 0 saturated heterocycles. The first kappa shape index (κ1) is 20.2. The van der Waals surface area contributed by atoms with Gasteiger partial charge >= 0.3 is 0 Å². The van der Waals surface area contributed by atoms with Gasteiger partial charge in [-0.25, -0.2) is 9.67 Å². The minimum Gasteiger partial charge on any atom is -0.463 e. The van der Waals surface area contributed by atoms with Gasteiger partial charge in [0.15, 0.2) is 11.4 Å². The third-order valence-electron chi connectivity index (χ3n) is 5.19. The standard InChI is InChI=1S/C23H19BrN6O2/c1-14-21-17(12-18(19-4-3-11-32-19)26-22(21)29(2)28-14)23(31)27-20-9-10-25-30(20)13-15-5-7-16(24)8-6-15/h3-12H,13H2,1-2H3,(H,27,31). The Kier molecular flexibility index (Phi) is 5.10. The lowest BCUT2D eigenvalue weighted by Gasteiger charge is -2.11. The van der Waals surface area contributed by atoms with Gasteiger partial charge in [-0.3, -0.25) is 9.48 Å². The molecule has 0 atom stereocenters. The number of hydrogen-bond acceptors (Lipinski definition) is 5. The van der Waals surface area contributed by atoms with Gasteiger partial charge in [-0.2, -0.15) is 10.2 Å². The van der Waals surface area contributed by atoms with Gasteiger partial charge in [-0.15, -0.1) is 0 Å². The molecule has 0 aliphatic carbocycles. The zero-order valence-electron chi connectivity index (χ0n) is 17.4. The maximum absolute atomic E-state index is 13.4. The van der Waals surface area contributed by atoms with Gasteiger partial charge in [-0.05, 0) is 42.8 Å². The van der Waals surface area contributed by atoms with Crippen LogP contribution in [0.4, 0.5) is 5.82 Å². The number of nitrogens with zero attached hydrogens (tertiary/aromatic N) is 5. The van der Waals surface area contributed by atoms with Gasteiger partial charge in [0, 0.05) is 17.6 Å². The summed E-state index contributed by atoms with van der Waals surface area (Å²) in [7, 11) is 1.81. The Morgan fingerprint density at radius 1 is 1.19 bits per heavy atom. The molecule has 0 fully saturated rings. The van der Waals surface area contributed by atoms with E-state index in [0.29, 0.717) is 40.4 Å². The van der Waals surface area contributed by atoms with Gasteiger partial charge in [0.1, 0.15) is 11.5 Å². The predicted octanol–water partition coefficient (Wildman–Crippen LogP) is 4.80. The molecule has 0 radical (unpaired) electrons. The molecule has 0 aliphatic heterocycles. The number of aromatic nitrogens is 5. The number of halogens is 1. The van der Waals surface area contributed by atoms with Crippen LogP contribution < -0.4 is 5.32 Å². The molecular weight excluding hydrogens is 472 g/mol. The average molecular weight is 491 g/mol. The number of amides is 1. The lowest BCUT2D eigenvalue weighted by molar-refractivity contribution is 0.102. The highest BCUT2D eigenvalue weighted by Crippen LogP contribution is 2.28. The second-order valence-electron chi connectivity index (χ2n) is 7.39. The minimum absolute atomic E-state index is 0.265. The van der Waals surface area contributed by atoms with Crippen molar-refractivity contribution in [2.75, 3.05) is 5.32 Å². The van der Waals surface area contributed by atoms with Crippen molar-refractivity contribution in [2.24, 2.45) is 7.05 Å². The number of benzene rings is 1. The molecule has 32 heavy (non-hydrogen) atoms. The Bertz CT molecular complexity index is 1420. The van der Waals surface area contributed by atoms with E-state index in [1.54, 1.807) is 40.0 Å². The Balaban J connectivity index is 1.51. The van der Waals surface area contributed by atoms with Crippen molar-refractivity contribution in [3.05, 3.63) is 82.3 Å². The van der Waals surface area contributed by atoms with Crippen LogP contribution in [-0.4, -0.2) is 30.5 Å². The van der Waals surface area contributed by atoms with Crippen LogP contribution in [0.25, 0.3) is 22.5 Å². The van der Waals surface area contributed by atoms with Gasteiger partial charge in [0.05, 0.1) is 35.6 Å². The number of carbonyl (C=O) groups is 1. The van der Waals surface area contributed by atoms with E-state index in [9.17, 15) is 4.79 Å². The van der Waals surface area contributed by atoms with E-state index >= 15 is 0 Å². The number of furan rings is 1. The largest absolute Gasteiger partial charge is 0.463 e. The minimum atomic E-state index is -0.265. The van der Waals surface area contributed by atoms with Crippen molar-refractivity contribution in [3.8, 4) is 11.5 Å². The number of fused-ring (bicyclic) bond motifs is 1. The molecule has 1 aromatic carbocycles. The van der Waals surface area contributed by atoms with Gasteiger partial charge in [0.2, 0.25) is 0 Å². The average Bonchev–Trinajstić information content (AvgIpc) is 3.52. The van der Waals surface area contributed by atoms with E-state index < -0.39 is 0 Å². The molecule has 4 aromatic heterocycles. The monoisotopic (exact) mass is 490 g/mol. The molecule has 5 aromatic rings. The Hall–Kier alpha value is -3.72. The third-order valence-corrected chi connectivity index (χ3v) is 5.72. The molecule has 0 spiro atoms. The summed E-state index contributed by atoms with van der Waals surface area (Å²) in [4.78, 5) is 18.1. The van der Waals surface area contributed by atoms with Crippen LogP contribution in [-0.2, 0) is 13.6 Å². The van der Waals surface area contributed by atoms with Crippen molar-refractivity contribution in [2.45, 2.75) is 13.5 Å². The van der Waals surface area contributed by atoms with Crippen LogP contribution in [0.15, 0.2) is 69.9 Å². The highest BCUT2D eigenvalue weighted by molar-refractivity contribution is 9.10. The van der Waals surface area contributed by atoms with Crippen LogP contribution in [0.2, 0.25) is 0 Å². The van der Waals surface area contributed by atoms with Crippen LogP contribution in [0.5, 0.6) is 0 Å². The molecule has 0 unspecified atom stereocenters. The number of anilines is 1. The fourth-order valence-electron chi connectivity index (χ4n) is 3.69. The molecule has 4 heterocycles. The maximum atomic E-state index is 13.4. The summed E-state index contributed by atoms with van der Waals surface area (Å²) in [5.74, 6) is 0.919. The molecular formula is C23H19BrN6O2. The summed E-state index contributed by atoms with van der Waals surface area (Å²) in [5, 5.41) is 12.5. The van der Waals surface area contributed by atoms with Crippen molar-refractivity contribution in [1.82, 2.24) is 24.5 Å². The Labute approximate surface area is 192 Å². The third kappa shape index (κ3) is 3.71. The summed E-state index contributed by atoms with van der Waals surface area (Å²) >= 11 is 3.45. The van der Waals surface area contributed by atoms with Gasteiger partial charge < -0.3 is 9.73 Å². The lowest BCUT2D eigenvalue weighted by Crippen LogP contribution is -2.17. The van der Waals surface area contributed by atoms with Crippen molar-refractivity contribution in [1.29, 1.82) is 0 Å². The second-order valence-corrected chi connectivity index (χ2v) is 8.31. The highest BCUT2D eigenvalue weighted by atomic mass is 79.9. The maximum Gasteiger partial charge on any atom is 0.257 e. The number of rotatable bonds is 5. The fraction of sp³-hybridized carbons (Fsp3) is 0.130. The molecule has 0 aliphatic rings. The predicted molar refractivity (Wildman–Crippen MR) is 124 cm³/mol. The van der Waals surface area contributed by atoms with E-state index in [1.807, 2.05) is 44.3 Å². The zero-order chi connectivity index (χ0) is 22.2. The van der Waals surface area contributed by atoms with Crippen molar-refractivity contribution in [3.63, 3.8) is 0 Å². The molecule has 160 valence electrons. The Morgan fingerprint density at radius 2 is 2.00 bits per heavy atom. The topological polar surface area (TPSA) is 90.8 Å². The SMILES string of the molecule is Cc1nn(C)c2nc(-c3ccco3)cc(C(=O)Nc3ccnn3Cc3ccc(Br)cc3)c12. The van der Waals surface area contributed by atoms with E-state index in [-0.39, 0.29) is 5.91 Å². The van der Waals surface area contributed by atoms with Gasteiger partial charge in [0.25, 0.3) is 5.91 Å². The smallest absolute Gasteiger partial charge is 0.257 e. The number of nitrogens with one attached hydrogen (secondary N) is 1. The normalized spacial score (nSPS) is 11.2. The van der Waals surface area contributed by atoms with E-state index in [1.165, 1.54) is 0 Å². The molecule has 0 bridgehead atoms. The summed E-state index contributed by atoms with van der Waals surface area (Å²) in [6.45, 7) is 2.40. The first-order chi connectivity index (χ1) is 15.5. The van der Waals surface area contributed by atoms with Crippen LogP contribution in [0, 0.1) is 6.92 Å². The molecule has 9 heteroatoms. The number of aryl methyl sites for hydroxylation is 2. The number of hydrogen-bond donors (Lipinski definition) is 1. The quantitative estimate of drug-likeness (QED) is 0.382. The number of carbonyl (C=O) groups excluding carboxylic acids is 1. The lowest BCUT2D eigenvalue weighted by atomic mass is 10.1. The van der Waals surface area contributed by atoms with Crippen molar-refractivity contribution >= 4 is 38.7 Å². The molecule has 1 amide bonds. The van der Waals surface area contributed by atoms with Crippen molar-refractivity contribution < 1.29 is 9.21 Å². The Morgan fingerprint density at radius 3 is 2.75 bits per heavy atom. The first-order valence-electron chi connectivity index (χ1n) is 9.95. The molecule has 5 rings (SSSR count). The van der Waals surface area contributed by atoms with Crippen LogP contribution in [0.1, 0.15) is 21.6 Å². The molecule has 1 N–H and O–H groups in total. The van der Waals surface area contributed by atoms with Crippen LogP contribution in [0.3, 0.4) is 0 Å². The van der Waals surface area contributed by atoms with Gasteiger partial charge in [-0.1, -0.05) is 28.1 Å². The molecule has 8 nitrogen and oxygen atoms in total. The van der Waals surface area contributed by atoms with E-state index in [0.717, 1.165) is 15.7 Å². The van der Waals surface area contributed by atoms with E-state index in [2.05, 4.69) is 36.4 Å². The summed E-state index contributed by atoms with van der Waals surface area (Å²) in [6.07, 6.45) is 3.25. The van der Waals surface area contributed by atoms with Crippen LogP contribution >= 0.6 is 15.9 Å². The molecule has 0 saturated carbocycles. The van der Waals surface area contributed by atoms with E-state index in [4.69, 9.17) is 4.42 Å². The highest BCUT2D eigenvalue weighted by Gasteiger charge is 2.21. The second kappa shape index (κ2) is 8.08. The summed E-state index contributed by atoms with van der Waals surface area (Å²) < 4.78 is 9.94. The zero-order valence-corrected chi connectivity index (χ0v) is 19.0. The summed E-state index contributed by atoms with van der Waals surface area (Å²) in [5.41, 5.74) is 3.46. The number of pyridine rings is 1. The first-order valence-corrected chi connectivity index (χ1v) is 10.7. The summed E-state index contributed by atoms with van der Waals surface area (Å²) in [6, 6.07) is 15.1. The fourth-order valence-corrected chi connectivity index (χ4v) is 3.95.